The van der Waals surface area contributed by atoms with Gasteiger partial charge in [0.15, 0.2) is 0 Å². The van der Waals surface area contributed by atoms with Crippen LogP contribution >= 0.6 is 0 Å². The second kappa shape index (κ2) is 7.33. The summed E-state index contributed by atoms with van der Waals surface area (Å²) >= 11 is 0. The molecule has 118 valence electrons. The predicted octanol–water partition coefficient (Wildman–Crippen LogP) is 2.27. The second-order valence-corrected chi connectivity index (χ2v) is 7.71. The zero-order valence-corrected chi connectivity index (χ0v) is 13.5. The van der Waals surface area contributed by atoms with Crippen molar-refractivity contribution in [3.63, 3.8) is 0 Å². The molecule has 0 bridgehead atoms. The number of hydrogen-bond acceptors (Lipinski definition) is 4. The highest BCUT2D eigenvalue weighted by atomic mass is 32.2. The van der Waals surface area contributed by atoms with Gasteiger partial charge in [0.1, 0.15) is 0 Å². The van der Waals surface area contributed by atoms with E-state index < -0.39 is 10.0 Å². The molecule has 1 saturated heterocycles. The van der Waals surface area contributed by atoms with Gasteiger partial charge in [0.25, 0.3) is 0 Å². The summed E-state index contributed by atoms with van der Waals surface area (Å²) < 4.78 is 32.8. The van der Waals surface area contributed by atoms with Gasteiger partial charge >= 0.3 is 0 Å². The fourth-order valence-corrected chi connectivity index (χ4v) is 3.98. The molecule has 2 rings (SSSR count). The average Bonchev–Trinajstić information content (AvgIpc) is 2.97. The van der Waals surface area contributed by atoms with E-state index in [9.17, 15) is 8.42 Å². The van der Waals surface area contributed by atoms with E-state index in [1.54, 1.807) is 6.20 Å². The van der Waals surface area contributed by atoms with Gasteiger partial charge in [-0.15, -0.1) is 0 Å². The van der Waals surface area contributed by atoms with Crippen molar-refractivity contribution < 1.29 is 13.2 Å². The molecule has 6 heteroatoms. The maximum atomic E-state index is 12.3. The summed E-state index contributed by atoms with van der Waals surface area (Å²) in [5.74, 6) is 0.241. The van der Waals surface area contributed by atoms with E-state index in [1.165, 1.54) is 0 Å². The van der Waals surface area contributed by atoms with Crippen LogP contribution in [0.4, 0.5) is 0 Å². The van der Waals surface area contributed by atoms with Gasteiger partial charge in [-0.1, -0.05) is 19.9 Å². The molecule has 21 heavy (non-hydrogen) atoms. The molecule has 0 unspecified atom stereocenters. The molecule has 0 saturated carbocycles. The van der Waals surface area contributed by atoms with E-state index >= 15 is 0 Å². The van der Waals surface area contributed by atoms with Crippen molar-refractivity contribution in [2.75, 3.05) is 12.4 Å². The summed E-state index contributed by atoms with van der Waals surface area (Å²) in [4.78, 5) is 4.27. The third-order valence-corrected chi connectivity index (χ3v) is 5.10. The minimum atomic E-state index is -3.33. The molecule has 1 N–H and O–H groups in total. The number of rotatable bonds is 7. The van der Waals surface area contributed by atoms with Crippen molar-refractivity contribution >= 4 is 10.0 Å². The Bertz CT molecular complexity index is 525. The minimum Gasteiger partial charge on any atom is -0.378 e. The van der Waals surface area contributed by atoms with Crippen molar-refractivity contribution in [1.82, 2.24) is 9.71 Å². The van der Waals surface area contributed by atoms with Crippen molar-refractivity contribution in [1.29, 1.82) is 0 Å². The Morgan fingerprint density at radius 2 is 2.24 bits per heavy atom. The molecule has 1 aromatic heterocycles. The summed E-state index contributed by atoms with van der Waals surface area (Å²) in [6.07, 6.45) is 4.33. The molecular formula is C15H24N2O3S. The van der Waals surface area contributed by atoms with E-state index in [1.807, 2.05) is 32.0 Å². The molecule has 0 radical (unpaired) electrons. The molecule has 2 atom stereocenters. The summed E-state index contributed by atoms with van der Waals surface area (Å²) in [7, 11) is -3.33. The van der Waals surface area contributed by atoms with E-state index in [0.29, 0.717) is 6.42 Å². The highest BCUT2D eigenvalue weighted by Gasteiger charge is 2.25. The SMILES string of the molecule is CC(C)[C@@H](NS(=O)(=O)CC[C@@H]1CCCO1)c1ccccn1. The Morgan fingerprint density at radius 3 is 2.81 bits per heavy atom. The molecule has 2 heterocycles. The van der Waals surface area contributed by atoms with Crippen molar-refractivity contribution in [3.05, 3.63) is 30.1 Å². The first-order valence-electron chi connectivity index (χ1n) is 7.50. The van der Waals surface area contributed by atoms with Crippen LogP contribution in [-0.2, 0) is 14.8 Å². The summed E-state index contributed by atoms with van der Waals surface area (Å²) in [6, 6.07) is 5.26. The van der Waals surface area contributed by atoms with E-state index in [2.05, 4.69) is 9.71 Å². The first kappa shape index (κ1) is 16.4. The average molecular weight is 312 g/mol. The molecule has 1 aromatic rings. The Morgan fingerprint density at radius 1 is 1.43 bits per heavy atom. The topological polar surface area (TPSA) is 68.3 Å². The van der Waals surface area contributed by atoms with E-state index in [4.69, 9.17) is 4.74 Å². The molecule has 0 aromatic carbocycles. The largest absolute Gasteiger partial charge is 0.378 e. The molecule has 0 spiro atoms. The highest BCUT2D eigenvalue weighted by molar-refractivity contribution is 7.89. The van der Waals surface area contributed by atoms with Crippen molar-refractivity contribution in [2.45, 2.75) is 45.3 Å². The van der Waals surface area contributed by atoms with Gasteiger partial charge in [-0.25, -0.2) is 13.1 Å². The Balaban J connectivity index is 1.98. The number of sulfonamides is 1. The maximum absolute atomic E-state index is 12.3. The van der Waals surface area contributed by atoms with Crippen LogP contribution in [0.1, 0.15) is 44.8 Å². The fourth-order valence-electron chi connectivity index (χ4n) is 2.51. The van der Waals surface area contributed by atoms with Crippen molar-refractivity contribution in [3.8, 4) is 0 Å². The van der Waals surface area contributed by atoms with Crippen LogP contribution in [0, 0.1) is 5.92 Å². The van der Waals surface area contributed by atoms with Gasteiger partial charge in [0.2, 0.25) is 10.0 Å². The lowest BCUT2D eigenvalue weighted by atomic mass is 10.0. The van der Waals surface area contributed by atoms with Crippen LogP contribution in [-0.4, -0.2) is 31.9 Å². The zero-order chi connectivity index (χ0) is 15.3. The summed E-state index contributed by atoms with van der Waals surface area (Å²) in [6.45, 7) is 4.73. The Hall–Kier alpha value is -0.980. The lowest BCUT2D eigenvalue weighted by Gasteiger charge is -2.22. The van der Waals surface area contributed by atoms with Gasteiger partial charge in [0, 0.05) is 12.8 Å². The quantitative estimate of drug-likeness (QED) is 0.838. The lowest BCUT2D eigenvalue weighted by Crippen LogP contribution is -2.34. The van der Waals surface area contributed by atoms with E-state index in [0.717, 1.165) is 25.1 Å². The zero-order valence-electron chi connectivity index (χ0n) is 12.7. The Kier molecular flexibility index (Phi) is 5.72. The number of nitrogens with one attached hydrogen (secondary N) is 1. The van der Waals surface area contributed by atoms with Crippen LogP contribution in [0.5, 0.6) is 0 Å². The summed E-state index contributed by atoms with van der Waals surface area (Å²) in [5.41, 5.74) is 0.758. The van der Waals surface area contributed by atoms with Gasteiger partial charge in [-0.05, 0) is 37.3 Å². The molecule has 0 aliphatic carbocycles. The number of aromatic nitrogens is 1. The van der Waals surface area contributed by atoms with Crippen LogP contribution in [0.3, 0.4) is 0 Å². The number of hydrogen-bond donors (Lipinski definition) is 1. The number of ether oxygens (including phenoxy) is 1. The first-order valence-corrected chi connectivity index (χ1v) is 9.16. The van der Waals surface area contributed by atoms with Crippen molar-refractivity contribution in [2.24, 2.45) is 5.92 Å². The van der Waals surface area contributed by atoms with Gasteiger partial charge in [0.05, 0.1) is 23.6 Å². The summed E-state index contributed by atoms with van der Waals surface area (Å²) in [5, 5.41) is 0. The van der Waals surface area contributed by atoms with Crippen LogP contribution in [0.15, 0.2) is 24.4 Å². The molecule has 0 amide bonds. The van der Waals surface area contributed by atoms with Gasteiger partial charge in [-0.2, -0.15) is 0 Å². The van der Waals surface area contributed by atoms with E-state index in [-0.39, 0.29) is 23.8 Å². The molecule has 1 aliphatic rings. The predicted molar refractivity (Wildman–Crippen MR) is 82.3 cm³/mol. The molecule has 1 aliphatic heterocycles. The van der Waals surface area contributed by atoms with Gasteiger partial charge < -0.3 is 4.74 Å². The monoisotopic (exact) mass is 312 g/mol. The number of pyridine rings is 1. The fraction of sp³-hybridized carbons (Fsp3) is 0.667. The third-order valence-electron chi connectivity index (χ3n) is 3.71. The van der Waals surface area contributed by atoms with Crippen LogP contribution in [0.25, 0.3) is 0 Å². The maximum Gasteiger partial charge on any atom is 0.212 e. The smallest absolute Gasteiger partial charge is 0.212 e. The molecule has 1 fully saturated rings. The van der Waals surface area contributed by atoms with Crippen LogP contribution in [0.2, 0.25) is 0 Å². The standard InChI is InChI=1S/C15H24N2O3S/c1-12(2)15(14-7-3-4-9-16-14)17-21(18,19)11-8-13-6-5-10-20-13/h3-4,7,9,12-13,15,17H,5-6,8,10-11H2,1-2H3/t13-,15+/m0/s1. The lowest BCUT2D eigenvalue weighted by molar-refractivity contribution is 0.108. The minimum absolute atomic E-state index is 0.0916. The molecular weight excluding hydrogens is 288 g/mol. The van der Waals surface area contributed by atoms with Gasteiger partial charge in [-0.3, -0.25) is 4.98 Å². The third kappa shape index (κ3) is 5.05. The molecule has 5 nitrogen and oxygen atoms in total. The number of nitrogens with zero attached hydrogens (tertiary/aromatic N) is 1. The second-order valence-electron chi connectivity index (χ2n) is 5.84. The van der Waals surface area contributed by atoms with Crippen LogP contribution < -0.4 is 4.72 Å². The normalized spacial score (nSPS) is 20.8. The highest BCUT2D eigenvalue weighted by Crippen LogP contribution is 2.21. The first-order chi connectivity index (χ1) is 9.98. The Labute approximate surface area is 127 Å².